The van der Waals surface area contributed by atoms with E-state index in [1.807, 2.05) is 48.5 Å². The Labute approximate surface area is 242 Å². The van der Waals surface area contributed by atoms with Crippen molar-refractivity contribution >= 4 is 23.3 Å². The molecular formula is C31H31ClF3N5O. The summed E-state index contributed by atoms with van der Waals surface area (Å²) in [7, 11) is 0. The van der Waals surface area contributed by atoms with Gasteiger partial charge < -0.3 is 15.2 Å². The summed E-state index contributed by atoms with van der Waals surface area (Å²) in [5.41, 5.74) is 1.58. The largest absolute Gasteiger partial charge is 0.416 e. The monoisotopic (exact) mass is 581 g/mol. The van der Waals surface area contributed by atoms with Gasteiger partial charge in [-0.15, -0.1) is 0 Å². The summed E-state index contributed by atoms with van der Waals surface area (Å²) in [6.45, 7) is 2.91. The van der Waals surface area contributed by atoms with Crippen molar-refractivity contribution in [3.05, 3.63) is 118 Å². The van der Waals surface area contributed by atoms with E-state index >= 15 is 0 Å². The fraction of sp³-hybridized carbons (Fsp3) is 0.290. The van der Waals surface area contributed by atoms with E-state index in [0.29, 0.717) is 54.6 Å². The number of nitrogens with one attached hydrogen (secondary N) is 2. The molecule has 1 fully saturated rings. The van der Waals surface area contributed by atoms with Crippen molar-refractivity contribution in [2.45, 2.75) is 44.6 Å². The Morgan fingerprint density at radius 1 is 1.10 bits per heavy atom. The Morgan fingerprint density at radius 2 is 1.80 bits per heavy atom. The minimum atomic E-state index is -4.45. The number of aromatic nitrogens is 2. The van der Waals surface area contributed by atoms with E-state index in [-0.39, 0.29) is 17.6 Å². The number of halogens is 4. The van der Waals surface area contributed by atoms with Crippen LogP contribution in [0.15, 0.2) is 85.2 Å². The van der Waals surface area contributed by atoms with Crippen molar-refractivity contribution in [1.29, 1.82) is 0 Å². The second kappa shape index (κ2) is 12.4. The molecule has 0 bridgehead atoms. The van der Waals surface area contributed by atoms with Crippen molar-refractivity contribution < 1.29 is 18.0 Å². The van der Waals surface area contributed by atoms with Crippen LogP contribution in [0, 0.1) is 6.92 Å². The maximum absolute atomic E-state index is 13.8. The first kappa shape index (κ1) is 28.7. The summed E-state index contributed by atoms with van der Waals surface area (Å²) >= 11 is 6.46. The third kappa shape index (κ3) is 6.74. The van der Waals surface area contributed by atoms with Crippen LogP contribution in [0.4, 0.5) is 23.7 Å². The van der Waals surface area contributed by atoms with E-state index in [9.17, 15) is 18.0 Å². The number of alkyl halides is 3. The molecule has 1 saturated heterocycles. The van der Waals surface area contributed by atoms with Crippen LogP contribution in [0.2, 0.25) is 5.02 Å². The fourth-order valence-corrected chi connectivity index (χ4v) is 5.63. The average Bonchev–Trinajstić information content (AvgIpc) is 3.48. The molecule has 10 heteroatoms. The van der Waals surface area contributed by atoms with E-state index in [1.54, 1.807) is 29.4 Å². The Morgan fingerprint density at radius 3 is 2.46 bits per heavy atom. The van der Waals surface area contributed by atoms with Crippen molar-refractivity contribution in [3.8, 4) is 0 Å². The third-order valence-electron chi connectivity index (χ3n) is 7.55. The smallest absolute Gasteiger partial charge is 0.347 e. The van der Waals surface area contributed by atoms with Gasteiger partial charge in [-0.1, -0.05) is 60.1 Å². The number of hydrogen-bond donors (Lipinski definition) is 2. The van der Waals surface area contributed by atoms with Crippen LogP contribution in [0.3, 0.4) is 0 Å². The zero-order valence-electron chi connectivity index (χ0n) is 22.5. The molecule has 0 spiro atoms. The molecule has 5 rings (SSSR count). The number of amides is 2. The second-order valence-electron chi connectivity index (χ2n) is 10.2. The molecule has 1 aliphatic heterocycles. The van der Waals surface area contributed by atoms with Crippen LogP contribution in [0.25, 0.3) is 0 Å². The molecule has 41 heavy (non-hydrogen) atoms. The molecule has 1 aliphatic rings. The third-order valence-corrected chi connectivity index (χ3v) is 7.92. The Kier molecular flexibility index (Phi) is 8.65. The number of piperidine rings is 1. The average molecular weight is 582 g/mol. The molecule has 1 aromatic heterocycles. The summed E-state index contributed by atoms with van der Waals surface area (Å²) in [5, 5.41) is 3.58. The highest BCUT2D eigenvalue weighted by Crippen LogP contribution is 2.37. The SMILES string of the molecule is Cc1ccc(C(c2ncc[nH]2)N2CCC(N(Cc3ccccc3Cl)C(=O)Nc3ccccc3)CC2)cc1C(F)(F)F. The Bertz CT molecular complexity index is 1450. The highest BCUT2D eigenvalue weighted by Gasteiger charge is 2.36. The van der Waals surface area contributed by atoms with Crippen molar-refractivity contribution in [2.24, 2.45) is 0 Å². The maximum atomic E-state index is 13.8. The number of aromatic amines is 1. The molecule has 6 nitrogen and oxygen atoms in total. The molecule has 3 aromatic carbocycles. The van der Waals surface area contributed by atoms with Crippen molar-refractivity contribution in [2.75, 3.05) is 18.4 Å². The normalized spacial score (nSPS) is 15.4. The lowest BCUT2D eigenvalue weighted by atomic mass is 9.95. The van der Waals surface area contributed by atoms with E-state index < -0.39 is 17.8 Å². The maximum Gasteiger partial charge on any atom is 0.416 e. The molecule has 0 radical (unpaired) electrons. The summed E-state index contributed by atoms with van der Waals surface area (Å²) in [6.07, 6.45) is 0.0796. The molecule has 4 aromatic rings. The van der Waals surface area contributed by atoms with E-state index in [2.05, 4.69) is 20.2 Å². The molecule has 214 valence electrons. The number of likely N-dealkylation sites (tertiary alicyclic amines) is 1. The lowest BCUT2D eigenvalue weighted by molar-refractivity contribution is -0.138. The molecule has 0 aliphatic carbocycles. The number of nitrogens with zero attached hydrogens (tertiary/aromatic N) is 3. The van der Waals surface area contributed by atoms with Gasteiger partial charge in [0.05, 0.1) is 11.6 Å². The number of urea groups is 1. The Balaban J connectivity index is 1.39. The van der Waals surface area contributed by atoms with Crippen LogP contribution in [-0.4, -0.2) is 44.9 Å². The number of H-pyrrole nitrogens is 1. The van der Waals surface area contributed by atoms with Crippen LogP contribution in [0.5, 0.6) is 0 Å². The molecular weight excluding hydrogens is 551 g/mol. The molecule has 2 N–H and O–H groups in total. The fourth-order valence-electron chi connectivity index (χ4n) is 5.43. The first-order valence-corrected chi connectivity index (χ1v) is 13.9. The summed E-state index contributed by atoms with van der Waals surface area (Å²) in [5.74, 6) is 0.579. The van der Waals surface area contributed by atoms with Crippen LogP contribution >= 0.6 is 11.6 Å². The van der Waals surface area contributed by atoms with Gasteiger partial charge in [0.25, 0.3) is 0 Å². The number of imidazole rings is 1. The topological polar surface area (TPSA) is 64.3 Å². The van der Waals surface area contributed by atoms with Gasteiger partial charge in [0.15, 0.2) is 0 Å². The van der Waals surface area contributed by atoms with Gasteiger partial charge in [0.1, 0.15) is 5.82 Å². The first-order chi connectivity index (χ1) is 19.7. The second-order valence-corrected chi connectivity index (χ2v) is 10.6. The van der Waals surface area contributed by atoms with Gasteiger partial charge in [-0.2, -0.15) is 13.2 Å². The predicted octanol–water partition coefficient (Wildman–Crippen LogP) is 7.68. The summed E-state index contributed by atoms with van der Waals surface area (Å²) < 4.78 is 41.3. The number of rotatable bonds is 7. The van der Waals surface area contributed by atoms with Crippen LogP contribution in [-0.2, 0) is 12.7 Å². The number of anilines is 1. The van der Waals surface area contributed by atoms with Gasteiger partial charge in [0, 0.05) is 48.8 Å². The lowest BCUT2D eigenvalue weighted by Crippen LogP contribution is -2.49. The quantitative estimate of drug-likeness (QED) is 0.235. The minimum absolute atomic E-state index is 0.104. The number of carbonyl (C=O) groups is 1. The molecule has 2 amide bonds. The number of carbonyl (C=O) groups excluding carboxylic acids is 1. The molecule has 1 atom stereocenters. The predicted molar refractivity (Wildman–Crippen MR) is 154 cm³/mol. The highest BCUT2D eigenvalue weighted by molar-refractivity contribution is 6.31. The van der Waals surface area contributed by atoms with E-state index in [0.717, 1.165) is 5.56 Å². The zero-order valence-corrected chi connectivity index (χ0v) is 23.3. The number of para-hydroxylation sites is 1. The van der Waals surface area contributed by atoms with Crippen molar-refractivity contribution in [1.82, 2.24) is 19.8 Å². The van der Waals surface area contributed by atoms with Crippen LogP contribution < -0.4 is 5.32 Å². The number of benzene rings is 3. The standard InChI is InChI=1S/C31H31ClF3N5O/c1-21-11-12-22(19-26(21)31(33,34)35)28(29-36-15-16-37-29)39-17-13-25(14-18-39)40(20-23-7-5-6-10-27(23)32)30(41)38-24-8-3-2-4-9-24/h2-12,15-16,19,25,28H,13-14,17-18,20H2,1H3,(H,36,37)(H,38,41). The van der Waals surface area contributed by atoms with E-state index in [1.165, 1.54) is 19.1 Å². The number of hydrogen-bond acceptors (Lipinski definition) is 3. The summed E-state index contributed by atoms with van der Waals surface area (Å²) in [4.78, 5) is 25.0. The van der Waals surface area contributed by atoms with Crippen LogP contribution in [0.1, 0.15) is 47.0 Å². The Hall–Kier alpha value is -3.82. The first-order valence-electron chi connectivity index (χ1n) is 13.5. The summed E-state index contributed by atoms with van der Waals surface area (Å²) in [6, 6.07) is 20.4. The highest BCUT2D eigenvalue weighted by atomic mass is 35.5. The van der Waals surface area contributed by atoms with Gasteiger partial charge in [-0.05, 0) is 60.7 Å². The minimum Gasteiger partial charge on any atom is -0.347 e. The number of aryl methyl sites for hydroxylation is 1. The lowest BCUT2D eigenvalue weighted by Gasteiger charge is -2.41. The van der Waals surface area contributed by atoms with Gasteiger partial charge in [-0.3, -0.25) is 4.90 Å². The molecule has 2 heterocycles. The van der Waals surface area contributed by atoms with Gasteiger partial charge in [0.2, 0.25) is 0 Å². The van der Waals surface area contributed by atoms with E-state index in [4.69, 9.17) is 11.6 Å². The molecule has 1 unspecified atom stereocenters. The zero-order chi connectivity index (χ0) is 29.0. The van der Waals surface area contributed by atoms with Gasteiger partial charge >= 0.3 is 12.2 Å². The van der Waals surface area contributed by atoms with Crippen molar-refractivity contribution in [3.63, 3.8) is 0 Å². The molecule has 0 saturated carbocycles. The van der Waals surface area contributed by atoms with Gasteiger partial charge in [-0.25, -0.2) is 9.78 Å².